The van der Waals surface area contributed by atoms with E-state index in [-0.39, 0.29) is 6.61 Å². The zero-order valence-corrected chi connectivity index (χ0v) is 12.7. The quantitative estimate of drug-likeness (QED) is 0.838. The van der Waals surface area contributed by atoms with Crippen molar-refractivity contribution in [3.8, 4) is 11.8 Å². The number of rotatable bonds is 7. The van der Waals surface area contributed by atoms with E-state index >= 15 is 0 Å². The maximum atomic E-state index is 10.2. The lowest BCUT2D eigenvalue weighted by Gasteiger charge is -2.29. The summed E-state index contributed by atoms with van der Waals surface area (Å²) in [4.78, 5) is 2.34. The fraction of sp³-hybridized carbons (Fsp3) is 0.588. The first-order chi connectivity index (χ1) is 10.2. The van der Waals surface area contributed by atoms with E-state index in [4.69, 9.17) is 10.00 Å². The number of hydrogen-bond acceptors (Lipinski definition) is 4. The number of hydrogen-bond donors (Lipinski definition) is 1. The fourth-order valence-electron chi connectivity index (χ4n) is 3.00. The highest BCUT2D eigenvalue weighted by molar-refractivity contribution is 5.42. The van der Waals surface area contributed by atoms with Crippen LogP contribution in [-0.2, 0) is 0 Å². The van der Waals surface area contributed by atoms with Crippen LogP contribution in [0.15, 0.2) is 24.3 Å². The molecule has 4 nitrogen and oxygen atoms in total. The van der Waals surface area contributed by atoms with Gasteiger partial charge in [0, 0.05) is 12.6 Å². The Hall–Kier alpha value is -1.57. The van der Waals surface area contributed by atoms with Crippen molar-refractivity contribution >= 4 is 0 Å². The summed E-state index contributed by atoms with van der Waals surface area (Å²) in [5.74, 6) is 0.544. The molecule has 1 saturated carbocycles. The number of para-hydroxylation sites is 1. The first kappa shape index (κ1) is 15.8. The maximum Gasteiger partial charge on any atom is 0.137 e. The van der Waals surface area contributed by atoms with E-state index in [0.717, 1.165) is 6.54 Å². The third-order valence-electron chi connectivity index (χ3n) is 4.13. The van der Waals surface area contributed by atoms with Crippen molar-refractivity contribution in [3.63, 3.8) is 0 Å². The van der Waals surface area contributed by atoms with Crippen LogP contribution in [0.5, 0.6) is 5.75 Å². The molecule has 4 heteroatoms. The molecular formula is C17H24N2O2. The van der Waals surface area contributed by atoms with Crippen molar-refractivity contribution in [3.05, 3.63) is 29.8 Å². The zero-order chi connectivity index (χ0) is 15.1. The van der Waals surface area contributed by atoms with Gasteiger partial charge >= 0.3 is 0 Å². The number of aliphatic hydroxyl groups is 1. The van der Waals surface area contributed by atoms with Crippen molar-refractivity contribution in [2.45, 2.75) is 44.8 Å². The van der Waals surface area contributed by atoms with Gasteiger partial charge in [-0.3, -0.25) is 4.90 Å². The molecular weight excluding hydrogens is 264 g/mol. The normalized spacial score (nSPS) is 16.9. The largest absolute Gasteiger partial charge is 0.489 e. The highest BCUT2D eigenvalue weighted by atomic mass is 16.5. The van der Waals surface area contributed by atoms with Crippen LogP contribution in [-0.4, -0.2) is 41.8 Å². The highest BCUT2D eigenvalue weighted by Crippen LogP contribution is 2.23. The van der Waals surface area contributed by atoms with E-state index in [9.17, 15) is 5.11 Å². The van der Waals surface area contributed by atoms with Crippen molar-refractivity contribution in [2.24, 2.45) is 0 Å². The Morgan fingerprint density at radius 3 is 2.76 bits per heavy atom. The Bertz CT molecular complexity index is 478. The second-order valence-electron chi connectivity index (χ2n) is 5.60. The number of nitrogens with zero attached hydrogens (tertiary/aromatic N) is 2. The lowest BCUT2D eigenvalue weighted by molar-refractivity contribution is 0.0550. The maximum absolute atomic E-state index is 10.2. The van der Waals surface area contributed by atoms with Crippen LogP contribution in [0.3, 0.4) is 0 Å². The molecule has 0 spiro atoms. The topological polar surface area (TPSA) is 56.5 Å². The van der Waals surface area contributed by atoms with Gasteiger partial charge in [-0.05, 0) is 31.5 Å². The molecule has 0 heterocycles. The van der Waals surface area contributed by atoms with E-state index in [1.807, 2.05) is 6.07 Å². The number of aliphatic hydroxyl groups excluding tert-OH is 1. The summed E-state index contributed by atoms with van der Waals surface area (Å²) in [5, 5.41) is 19.2. The Morgan fingerprint density at radius 2 is 2.10 bits per heavy atom. The van der Waals surface area contributed by atoms with Crippen molar-refractivity contribution in [2.75, 3.05) is 19.7 Å². The molecule has 1 N–H and O–H groups in total. The lowest BCUT2D eigenvalue weighted by Crippen LogP contribution is -2.41. The molecule has 1 aliphatic carbocycles. The summed E-state index contributed by atoms with van der Waals surface area (Å²) >= 11 is 0. The zero-order valence-electron chi connectivity index (χ0n) is 12.7. The molecule has 114 valence electrons. The van der Waals surface area contributed by atoms with Gasteiger partial charge in [-0.15, -0.1) is 0 Å². The van der Waals surface area contributed by atoms with Crippen molar-refractivity contribution < 1.29 is 9.84 Å². The third-order valence-corrected chi connectivity index (χ3v) is 4.13. The van der Waals surface area contributed by atoms with Gasteiger partial charge in [0.15, 0.2) is 0 Å². The van der Waals surface area contributed by atoms with Gasteiger partial charge in [-0.1, -0.05) is 31.9 Å². The average molecular weight is 288 g/mol. The van der Waals surface area contributed by atoms with Crippen molar-refractivity contribution in [1.82, 2.24) is 4.90 Å². The van der Waals surface area contributed by atoms with E-state index < -0.39 is 6.10 Å². The number of likely N-dealkylation sites (N-methyl/N-ethyl adjacent to an activating group) is 1. The van der Waals surface area contributed by atoms with E-state index in [1.165, 1.54) is 25.7 Å². The average Bonchev–Trinajstić information content (AvgIpc) is 3.05. The van der Waals surface area contributed by atoms with Crippen LogP contribution in [0.2, 0.25) is 0 Å². The number of nitriles is 1. The molecule has 21 heavy (non-hydrogen) atoms. The van der Waals surface area contributed by atoms with Gasteiger partial charge in [0.05, 0.1) is 5.56 Å². The first-order valence-corrected chi connectivity index (χ1v) is 7.78. The van der Waals surface area contributed by atoms with Crippen LogP contribution in [0.4, 0.5) is 0 Å². The predicted molar refractivity (Wildman–Crippen MR) is 82.2 cm³/mol. The summed E-state index contributed by atoms with van der Waals surface area (Å²) in [6, 6.07) is 9.83. The minimum Gasteiger partial charge on any atom is -0.489 e. The fourth-order valence-corrected chi connectivity index (χ4v) is 3.00. The summed E-state index contributed by atoms with van der Waals surface area (Å²) in [6.07, 6.45) is 4.53. The SMILES string of the molecule is CCN(CC(O)COc1ccccc1C#N)C1CCCC1. The smallest absolute Gasteiger partial charge is 0.137 e. The number of ether oxygens (including phenoxy) is 1. The summed E-state index contributed by atoms with van der Waals surface area (Å²) < 4.78 is 5.60. The van der Waals surface area contributed by atoms with Crippen LogP contribution >= 0.6 is 0 Å². The molecule has 1 aliphatic rings. The molecule has 1 aromatic carbocycles. The predicted octanol–water partition coefficient (Wildman–Crippen LogP) is 2.56. The molecule has 1 fully saturated rings. The summed E-state index contributed by atoms with van der Waals surface area (Å²) in [7, 11) is 0. The Kier molecular flexibility index (Phi) is 6.04. The van der Waals surface area contributed by atoms with Crippen LogP contribution < -0.4 is 4.74 Å². The number of benzene rings is 1. The minimum absolute atomic E-state index is 0.224. The molecule has 1 unspecified atom stereocenters. The van der Waals surface area contributed by atoms with Gasteiger partial charge in [-0.25, -0.2) is 0 Å². The van der Waals surface area contributed by atoms with Crippen LogP contribution in [0.1, 0.15) is 38.2 Å². The van der Waals surface area contributed by atoms with E-state index in [2.05, 4.69) is 17.9 Å². The van der Waals surface area contributed by atoms with Gasteiger partial charge < -0.3 is 9.84 Å². The molecule has 1 aromatic rings. The van der Waals surface area contributed by atoms with Gasteiger partial charge in [0.2, 0.25) is 0 Å². The molecule has 0 amide bonds. The standard InChI is InChI=1S/C17H24N2O2/c1-2-19(15-8-4-5-9-15)12-16(20)13-21-17-10-6-3-7-14(17)11-18/h3,6-7,10,15-16,20H,2,4-5,8-9,12-13H2,1H3. The molecule has 1 atom stereocenters. The van der Waals surface area contributed by atoms with E-state index in [1.54, 1.807) is 18.2 Å². The van der Waals surface area contributed by atoms with Crippen LogP contribution in [0, 0.1) is 11.3 Å². The van der Waals surface area contributed by atoms with Gasteiger partial charge in [0.25, 0.3) is 0 Å². The Balaban J connectivity index is 1.83. The van der Waals surface area contributed by atoms with Gasteiger partial charge in [-0.2, -0.15) is 5.26 Å². The summed E-state index contributed by atoms with van der Waals surface area (Å²) in [6.45, 7) is 3.95. The molecule has 0 aromatic heterocycles. The highest BCUT2D eigenvalue weighted by Gasteiger charge is 2.23. The van der Waals surface area contributed by atoms with Crippen molar-refractivity contribution in [1.29, 1.82) is 5.26 Å². The molecule has 2 rings (SSSR count). The third kappa shape index (κ3) is 4.45. The Labute approximate surface area is 127 Å². The second-order valence-corrected chi connectivity index (χ2v) is 5.60. The van der Waals surface area contributed by atoms with E-state index in [0.29, 0.717) is 23.9 Å². The minimum atomic E-state index is -0.530. The molecule has 0 radical (unpaired) electrons. The molecule has 0 aliphatic heterocycles. The molecule has 0 bridgehead atoms. The lowest BCUT2D eigenvalue weighted by atomic mass is 10.2. The Morgan fingerprint density at radius 1 is 1.38 bits per heavy atom. The monoisotopic (exact) mass is 288 g/mol. The second kappa shape index (κ2) is 8.02. The summed E-state index contributed by atoms with van der Waals surface area (Å²) in [5.41, 5.74) is 0.507. The molecule has 0 saturated heterocycles. The first-order valence-electron chi connectivity index (χ1n) is 7.78. The van der Waals surface area contributed by atoms with Crippen LogP contribution in [0.25, 0.3) is 0 Å². The van der Waals surface area contributed by atoms with Gasteiger partial charge in [0.1, 0.15) is 24.5 Å².